The van der Waals surface area contributed by atoms with Crippen molar-refractivity contribution >= 4 is 11.3 Å². The molecular weight excluding hydrogens is 196 g/mol. The average molecular weight is 208 g/mol. The molecule has 0 aromatic carbocycles. The normalized spacial score (nSPS) is 11.9. The van der Waals surface area contributed by atoms with Crippen LogP contribution in [0.3, 0.4) is 0 Å². The van der Waals surface area contributed by atoms with Gasteiger partial charge < -0.3 is 4.42 Å². The van der Waals surface area contributed by atoms with Crippen molar-refractivity contribution in [2.45, 2.75) is 26.2 Å². The maximum atomic E-state index is 5.20. The van der Waals surface area contributed by atoms with Gasteiger partial charge in [0.05, 0.1) is 16.1 Å². The van der Waals surface area contributed by atoms with Crippen LogP contribution in [0.25, 0.3) is 10.6 Å². The lowest BCUT2D eigenvalue weighted by Gasteiger charge is -2.13. The second-order valence-electron chi connectivity index (χ2n) is 4.15. The van der Waals surface area contributed by atoms with Crippen molar-refractivity contribution in [2.24, 2.45) is 0 Å². The Bertz CT molecular complexity index is 412. The summed E-state index contributed by atoms with van der Waals surface area (Å²) in [5, 5.41) is 1.11. The smallest absolute Gasteiger partial charge is 0.181 e. The van der Waals surface area contributed by atoms with E-state index in [0.717, 1.165) is 15.6 Å². The monoisotopic (exact) mass is 208 g/mol. The van der Waals surface area contributed by atoms with Gasteiger partial charge in [0.1, 0.15) is 0 Å². The molecule has 0 radical (unpaired) electrons. The maximum Gasteiger partial charge on any atom is 0.181 e. The average Bonchev–Trinajstić information content (AvgIpc) is 2.73. The minimum Gasteiger partial charge on any atom is -0.443 e. The number of oxazole rings is 1. The number of thiazole rings is 1. The number of hydrogen-bond donors (Lipinski definition) is 0. The summed E-state index contributed by atoms with van der Waals surface area (Å²) in [6, 6.07) is 0. The molecule has 0 amide bonds. The predicted molar refractivity (Wildman–Crippen MR) is 56.3 cm³/mol. The molecule has 74 valence electrons. The minimum absolute atomic E-state index is 0.100. The number of hydrogen-bond acceptors (Lipinski definition) is 4. The fourth-order valence-electron chi connectivity index (χ4n) is 1.07. The van der Waals surface area contributed by atoms with Crippen LogP contribution in [-0.2, 0) is 5.41 Å². The zero-order valence-electron chi connectivity index (χ0n) is 8.44. The Kier molecular flexibility index (Phi) is 2.15. The van der Waals surface area contributed by atoms with Gasteiger partial charge in [-0.05, 0) is 0 Å². The Morgan fingerprint density at radius 1 is 1.29 bits per heavy atom. The Morgan fingerprint density at radius 2 is 2.07 bits per heavy atom. The quantitative estimate of drug-likeness (QED) is 0.722. The molecule has 3 nitrogen and oxygen atoms in total. The molecule has 0 bridgehead atoms. The first-order valence-corrected chi connectivity index (χ1v) is 5.24. The molecule has 0 N–H and O–H groups in total. The second kappa shape index (κ2) is 3.20. The highest BCUT2D eigenvalue weighted by molar-refractivity contribution is 7.15. The molecule has 0 spiro atoms. The first kappa shape index (κ1) is 9.40. The van der Waals surface area contributed by atoms with Crippen molar-refractivity contribution in [1.82, 2.24) is 9.97 Å². The van der Waals surface area contributed by atoms with Gasteiger partial charge >= 0.3 is 0 Å². The SMILES string of the molecule is CC(C)(C)c1ncc(-c2cnco2)s1. The summed E-state index contributed by atoms with van der Waals surface area (Å²) in [6.07, 6.45) is 4.98. The van der Waals surface area contributed by atoms with Gasteiger partial charge in [-0.25, -0.2) is 9.97 Å². The number of rotatable bonds is 1. The highest BCUT2D eigenvalue weighted by Gasteiger charge is 2.19. The fourth-order valence-corrected chi connectivity index (χ4v) is 2.00. The fraction of sp³-hybridized carbons (Fsp3) is 0.400. The molecule has 2 heterocycles. The Balaban J connectivity index is 2.36. The predicted octanol–water partition coefficient (Wildman–Crippen LogP) is 3.10. The molecule has 2 rings (SSSR count). The van der Waals surface area contributed by atoms with E-state index in [4.69, 9.17) is 4.42 Å². The summed E-state index contributed by atoms with van der Waals surface area (Å²) >= 11 is 1.65. The summed E-state index contributed by atoms with van der Waals surface area (Å²) in [6.45, 7) is 6.45. The van der Waals surface area contributed by atoms with E-state index in [1.54, 1.807) is 17.5 Å². The van der Waals surface area contributed by atoms with Crippen LogP contribution in [0.1, 0.15) is 25.8 Å². The van der Waals surface area contributed by atoms with Crippen LogP contribution in [-0.4, -0.2) is 9.97 Å². The highest BCUT2D eigenvalue weighted by atomic mass is 32.1. The standard InChI is InChI=1S/C10H12N2OS/c1-10(2,3)9-12-5-8(14-9)7-4-11-6-13-7/h4-6H,1-3H3. The van der Waals surface area contributed by atoms with Gasteiger partial charge in [0.15, 0.2) is 12.2 Å². The Labute approximate surface area is 86.8 Å². The van der Waals surface area contributed by atoms with Crippen LogP contribution in [0.4, 0.5) is 0 Å². The van der Waals surface area contributed by atoms with Crippen molar-refractivity contribution in [2.75, 3.05) is 0 Å². The Hall–Kier alpha value is -1.16. The minimum atomic E-state index is 0.100. The van der Waals surface area contributed by atoms with Gasteiger partial charge in [-0.3, -0.25) is 0 Å². The van der Waals surface area contributed by atoms with Crippen molar-refractivity contribution in [3.05, 3.63) is 23.8 Å². The molecular formula is C10H12N2OS. The maximum absolute atomic E-state index is 5.20. The molecule has 14 heavy (non-hydrogen) atoms. The number of nitrogens with zero attached hydrogens (tertiary/aromatic N) is 2. The molecule has 0 atom stereocenters. The molecule has 2 aromatic heterocycles. The van der Waals surface area contributed by atoms with E-state index in [0.29, 0.717) is 0 Å². The van der Waals surface area contributed by atoms with Crippen molar-refractivity contribution in [3.63, 3.8) is 0 Å². The van der Waals surface area contributed by atoms with Crippen LogP contribution >= 0.6 is 11.3 Å². The molecule has 2 aromatic rings. The van der Waals surface area contributed by atoms with Gasteiger partial charge in [0.25, 0.3) is 0 Å². The molecule has 0 saturated carbocycles. The molecule has 0 saturated heterocycles. The van der Waals surface area contributed by atoms with E-state index >= 15 is 0 Å². The van der Waals surface area contributed by atoms with Gasteiger partial charge in [0.2, 0.25) is 0 Å². The summed E-state index contributed by atoms with van der Waals surface area (Å²) in [5.74, 6) is 0.790. The van der Waals surface area contributed by atoms with Crippen molar-refractivity contribution in [3.8, 4) is 10.6 Å². The van der Waals surface area contributed by atoms with Crippen LogP contribution in [0, 0.1) is 0 Å². The van der Waals surface area contributed by atoms with Crippen LogP contribution in [0.15, 0.2) is 23.2 Å². The lowest BCUT2D eigenvalue weighted by molar-refractivity contribution is 0.573. The van der Waals surface area contributed by atoms with E-state index in [1.165, 1.54) is 6.39 Å². The van der Waals surface area contributed by atoms with Crippen molar-refractivity contribution < 1.29 is 4.42 Å². The molecule has 0 unspecified atom stereocenters. The highest BCUT2D eigenvalue weighted by Crippen LogP contribution is 2.32. The third-order valence-electron chi connectivity index (χ3n) is 1.82. The number of aromatic nitrogens is 2. The van der Waals surface area contributed by atoms with E-state index < -0.39 is 0 Å². The van der Waals surface area contributed by atoms with Gasteiger partial charge in [-0.15, -0.1) is 11.3 Å². The van der Waals surface area contributed by atoms with E-state index in [1.807, 2.05) is 6.20 Å². The van der Waals surface area contributed by atoms with E-state index in [2.05, 4.69) is 30.7 Å². The van der Waals surface area contributed by atoms with Gasteiger partial charge in [-0.1, -0.05) is 20.8 Å². The molecule has 0 fully saturated rings. The second-order valence-corrected chi connectivity index (χ2v) is 5.18. The third kappa shape index (κ3) is 1.70. The van der Waals surface area contributed by atoms with Crippen LogP contribution < -0.4 is 0 Å². The van der Waals surface area contributed by atoms with Crippen LogP contribution in [0.5, 0.6) is 0 Å². The van der Waals surface area contributed by atoms with Crippen LogP contribution in [0.2, 0.25) is 0 Å². The lowest BCUT2D eigenvalue weighted by Crippen LogP contribution is -2.09. The molecule has 0 aliphatic heterocycles. The summed E-state index contributed by atoms with van der Waals surface area (Å²) in [7, 11) is 0. The largest absolute Gasteiger partial charge is 0.443 e. The topological polar surface area (TPSA) is 38.9 Å². The zero-order valence-corrected chi connectivity index (χ0v) is 9.26. The Morgan fingerprint density at radius 3 is 2.57 bits per heavy atom. The van der Waals surface area contributed by atoms with Crippen molar-refractivity contribution in [1.29, 1.82) is 0 Å². The summed E-state index contributed by atoms with van der Waals surface area (Å²) in [4.78, 5) is 9.29. The first-order chi connectivity index (χ1) is 6.57. The summed E-state index contributed by atoms with van der Waals surface area (Å²) < 4.78 is 5.20. The lowest BCUT2D eigenvalue weighted by atomic mass is 9.98. The first-order valence-electron chi connectivity index (χ1n) is 4.42. The van der Waals surface area contributed by atoms with E-state index in [9.17, 15) is 0 Å². The van der Waals surface area contributed by atoms with E-state index in [-0.39, 0.29) is 5.41 Å². The molecule has 0 aliphatic carbocycles. The molecule has 0 aliphatic rings. The third-order valence-corrected chi connectivity index (χ3v) is 3.26. The zero-order chi connectivity index (χ0) is 10.2. The molecule has 4 heteroatoms. The summed E-state index contributed by atoms with van der Waals surface area (Å²) in [5.41, 5.74) is 0.100. The van der Waals surface area contributed by atoms with Gasteiger partial charge in [-0.2, -0.15) is 0 Å². The van der Waals surface area contributed by atoms with Gasteiger partial charge in [0, 0.05) is 11.6 Å².